The van der Waals surface area contributed by atoms with Crippen LogP contribution in [0.25, 0.3) is 6.08 Å². The molecule has 0 bridgehead atoms. The Hall–Kier alpha value is -3.00. The van der Waals surface area contributed by atoms with Crippen molar-refractivity contribution >= 4 is 22.2 Å². The van der Waals surface area contributed by atoms with Crippen molar-refractivity contribution in [2.24, 2.45) is 0 Å². The molecule has 0 N–H and O–H groups in total. The molecule has 0 aliphatic carbocycles. The predicted molar refractivity (Wildman–Crippen MR) is 133 cm³/mol. The maximum absolute atomic E-state index is 12.1. The monoisotopic (exact) mass is 490 g/mol. The molecule has 2 aromatic rings. The lowest BCUT2D eigenvalue weighted by Crippen LogP contribution is -2.14. The van der Waals surface area contributed by atoms with Gasteiger partial charge in [-0.25, -0.2) is 4.79 Å². The molecule has 2 aromatic carbocycles. The number of carbonyl (C=O) groups excluding carboxylic acids is 1. The first-order valence-electron chi connectivity index (χ1n) is 11.4. The second kappa shape index (κ2) is 13.6. The molecule has 0 aliphatic rings. The van der Waals surface area contributed by atoms with Gasteiger partial charge in [0, 0.05) is 5.56 Å². The van der Waals surface area contributed by atoms with Gasteiger partial charge < -0.3 is 18.4 Å². The summed E-state index contributed by atoms with van der Waals surface area (Å²) in [4.78, 5) is 11.9. The van der Waals surface area contributed by atoms with Crippen LogP contribution in [0.4, 0.5) is 0 Å². The van der Waals surface area contributed by atoms with Crippen LogP contribution in [0.15, 0.2) is 42.5 Å². The van der Waals surface area contributed by atoms with Crippen LogP contribution in [0, 0.1) is 0 Å². The summed E-state index contributed by atoms with van der Waals surface area (Å²) in [5, 5.41) is 0. The van der Waals surface area contributed by atoms with Gasteiger partial charge in [0.2, 0.25) is 0 Å². The van der Waals surface area contributed by atoms with Crippen LogP contribution >= 0.6 is 0 Å². The van der Waals surface area contributed by atoms with Gasteiger partial charge in [0.15, 0.2) is 11.5 Å². The number of unbranched alkanes of at least 4 members (excludes halogenated alkanes) is 2. The number of hydrogen-bond donors (Lipinski definition) is 0. The molecule has 7 nitrogen and oxygen atoms in total. The summed E-state index contributed by atoms with van der Waals surface area (Å²) in [7, 11) is -0.841. The zero-order chi connectivity index (χ0) is 25.0. The van der Waals surface area contributed by atoms with Gasteiger partial charge in [-0.1, -0.05) is 51.0 Å². The molecule has 2 rings (SSSR count). The average molecular weight is 491 g/mol. The topological polar surface area (TPSA) is 88.1 Å². The Kier molecular flexibility index (Phi) is 10.9. The summed E-state index contributed by atoms with van der Waals surface area (Å²) in [5.74, 6) is 0.704. The first kappa shape index (κ1) is 27.2. The molecule has 34 heavy (non-hydrogen) atoms. The third-order valence-electron chi connectivity index (χ3n) is 5.03. The molecule has 0 unspecified atom stereocenters. The van der Waals surface area contributed by atoms with Gasteiger partial charge in [0.05, 0.1) is 32.1 Å². The Morgan fingerprint density at radius 2 is 1.71 bits per heavy atom. The summed E-state index contributed by atoms with van der Waals surface area (Å²) in [6, 6.07) is 10.4. The molecule has 0 atom stereocenters. The van der Waals surface area contributed by atoms with Crippen LogP contribution in [-0.4, -0.2) is 41.0 Å². The minimum absolute atomic E-state index is 0.0332. The van der Waals surface area contributed by atoms with Crippen molar-refractivity contribution < 1.29 is 31.6 Å². The Morgan fingerprint density at radius 3 is 2.38 bits per heavy atom. The van der Waals surface area contributed by atoms with Gasteiger partial charge in [-0.05, 0) is 49.1 Å². The zero-order valence-electron chi connectivity index (χ0n) is 20.3. The predicted octanol–water partition coefficient (Wildman–Crippen LogP) is 5.43. The number of esters is 1. The van der Waals surface area contributed by atoms with E-state index in [0.29, 0.717) is 36.5 Å². The van der Waals surface area contributed by atoms with Crippen molar-refractivity contribution in [3.63, 3.8) is 0 Å². The molecule has 0 radical (unpaired) electrons. The highest BCUT2D eigenvalue weighted by Gasteiger charge is 2.16. The van der Waals surface area contributed by atoms with E-state index in [4.69, 9.17) is 18.4 Å². The maximum Gasteiger partial charge on any atom is 0.337 e. The maximum atomic E-state index is 12.1. The summed E-state index contributed by atoms with van der Waals surface area (Å²) in [6.07, 6.45) is 7.69. The van der Waals surface area contributed by atoms with Crippen molar-refractivity contribution in [2.75, 3.05) is 26.6 Å². The van der Waals surface area contributed by atoms with Crippen LogP contribution in [-0.2, 0) is 21.3 Å². The largest absolute Gasteiger partial charge is 0.493 e. The van der Waals surface area contributed by atoms with E-state index in [2.05, 4.69) is 6.92 Å². The van der Waals surface area contributed by atoms with Gasteiger partial charge in [0.25, 0.3) is 0 Å². The molecule has 0 saturated carbocycles. The lowest BCUT2D eigenvalue weighted by atomic mass is 10.1. The second-order valence-electron chi connectivity index (χ2n) is 7.74. The van der Waals surface area contributed by atoms with E-state index in [1.54, 1.807) is 30.3 Å². The SMILES string of the molecule is CCCCOc1cc(C(=O)OC)ccc1/C=C/Cc1ccc(OS(=O)(=O)CCCC)c(OC)c1. The summed E-state index contributed by atoms with van der Waals surface area (Å²) < 4.78 is 45.5. The van der Waals surface area contributed by atoms with Crippen LogP contribution in [0.2, 0.25) is 0 Å². The molecule has 0 amide bonds. The van der Waals surface area contributed by atoms with Crippen LogP contribution < -0.4 is 13.7 Å². The van der Waals surface area contributed by atoms with Crippen molar-refractivity contribution in [1.82, 2.24) is 0 Å². The van der Waals surface area contributed by atoms with Gasteiger partial charge in [-0.15, -0.1) is 0 Å². The number of rotatable bonds is 14. The van der Waals surface area contributed by atoms with Crippen molar-refractivity contribution in [2.45, 2.75) is 46.0 Å². The molecule has 0 saturated heterocycles. The fraction of sp³-hybridized carbons (Fsp3) is 0.423. The van der Waals surface area contributed by atoms with E-state index in [1.807, 2.05) is 25.1 Å². The molecular weight excluding hydrogens is 456 g/mol. The standard InChI is InChI=1S/C26H34O7S/c1-5-7-16-32-24-19-22(26(27)31-4)14-13-21(24)11-9-10-20-12-15-23(25(18-20)30-3)33-34(28,29)17-8-6-2/h9,11-15,18-19H,5-8,10,16-17H2,1-4H3/b11-9+. The summed E-state index contributed by atoms with van der Waals surface area (Å²) >= 11 is 0. The Bertz CT molecular complexity index is 1070. The quantitative estimate of drug-likeness (QED) is 0.198. The minimum Gasteiger partial charge on any atom is -0.493 e. The fourth-order valence-corrected chi connectivity index (χ4v) is 4.23. The van der Waals surface area contributed by atoms with E-state index in [-0.39, 0.29) is 11.5 Å². The second-order valence-corrected chi connectivity index (χ2v) is 9.43. The van der Waals surface area contributed by atoms with Crippen molar-refractivity contribution in [1.29, 1.82) is 0 Å². The highest BCUT2D eigenvalue weighted by Crippen LogP contribution is 2.30. The van der Waals surface area contributed by atoms with E-state index < -0.39 is 16.1 Å². The average Bonchev–Trinajstić information content (AvgIpc) is 2.83. The Labute approximate surface area is 202 Å². The summed E-state index contributed by atoms with van der Waals surface area (Å²) in [5.41, 5.74) is 2.20. The molecule has 0 heterocycles. The molecule has 0 aromatic heterocycles. The van der Waals surface area contributed by atoms with Crippen LogP contribution in [0.3, 0.4) is 0 Å². The van der Waals surface area contributed by atoms with E-state index >= 15 is 0 Å². The Morgan fingerprint density at radius 1 is 0.941 bits per heavy atom. The first-order valence-corrected chi connectivity index (χ1v) is 13.0. The summed E-state index contributed by atoms with van der Waals surface area (Å²) in [6.45, 7) is 4.56. The third-order valence-corrected chi connectivity index (χ3v) is 6.26. The van der Waals surface area contributed by atoms with E-state index in [9.17, 15) is 13.2 Å². The Balaban J connectivity index is 2.16. The van der Waals surface area contributed by atoms with Crippen molar-refractivity contribution in [3.8, 4) is 17.2 Å². The third kappa shape index (κ3) is 8.41. The van der Waals surface area contributed by atoms with Gasteiger partial charge in [-0.2, -0.15) is 8.42 Å². The number of allylic oxidation sites excluding steroid dienone is 1. The lowest BCUT2D eigenvalue weighted by molar-refractivity contribution is 0.0600. The smallest absolute Gasteiger partial charge is 0.337 e. The molecule has 8 heteroatoms. The molecule has 0 spiro atoms. The number of methoxy groups -OCH3 is 2. The van der Waals surface area contributed by atoms with Crippen molar-refractivity contribution in [3.05, 3.63) is 59.2 Å². The van der Waals surface area contributed by atoms with E-state index in [0.717, 1.165) is 30.4 Å². The minimum atomic E-state index is -3.66. The number of carbonyl (C=O) groups is 1. The lowest BCUT2D eigenvalue weighted by Gasteiger charge is -2.12. The van der Waals surface area contributed by atoms with E-state index in [1.165, 1.54) is 14.2 Å². The van der Waals surface area contributed by atoms with Gasteiger partial charge in [-0.3, -0.25) is 0 Å². The van der Waals surface area contributed by atoms with Gasteiger partial charge in [0.1, 0.15) is 5.75 Å². The number of hydrogen-bond acceptors (Lipinski definition) is 7. The molecule has 0 fully saturated rings. The number of ether oxygens (including phenoxy) is 3. The molecule has 0 aliphatic heterocycles. The normalized spacial score (nSPS) is 11.4. The number of benzene rings is 2. The van der Waals surface area contributed by atoms with Gasteiger partial charge >= 0.3 is 16.1 Å². The highest BCUT2D eigenvalue weighted by molar-refractivity contribution is 7.87. The zero-order valence-corrected chi connectivity index (χ0v) is 21.2. The molecule has 186 valence electrons. The fourth-order valence-electron chi connectivity index (χ4n) is 3.10. The van der Waals surface area contributed by atoms with Crippen LogP contribution in [0.1, 0.15) is 61.0 Å². The first-order chi connectivity index (χ1) is 16.3. The van der Waals surface area contributed by atoms with Crippen LogP contribution in [0.5, 0.6) is 17.2 Å². The molecular formula is C26H34O7S. The highest BCUT2D eigenvalue weighted by atomic mass is 32.2.